The molecule has 152 valence electrons. The molecule has 1 aromatic heterocycles. The molecule has 1 fully saturated rings. The third-order valence-corrected chi connectivity index (χ3v) is 5.91. The molecule has 5 rings (SSSR count). The Labute approximate surface area is 176 Å². The van der Waals surface area contributed by atoms with E-state index in [4.69, 9.17) is 9.97 Å². The van der Waals surface area contributed by atoms with Gasteiger partial charge in [0.2, 0.25) is 6.41 Å². The molecule has 30 heavy (non-hydrogen) atoms. The van der Waals surface area contributed by atoms with Gasteiger partial charge in [0.05, 0.1) is 0 Å². The van der Waals surface area contributed by atoms with Crippen LogP contribution in [0, 0.1) is 0 Å². The molecule has 0 aliphatic carbocycles. The van der Waals surface area contributed by atoms with Crippen LogP contribution in [0.5, 0.6) is 0 Å². The summed E-state index contributed by atoms with van der Waals surface area (Å²) in [6.07, 6.45) is 3.14. The van der Waals surface area contributed by atoms with Crippen molar-refractivity contribution in [1.82, 2.24) is 14.9 Å². The van der Waals surface area contributed by atoms with Gasteiger partial charge in [0.25, 0.3) is 0 Å². The van der Waals surface area contributed by atoms with Gasteiger partial charge in [-0.05, 0) is 24.5 Å². The lowest BCUT2D eigenvalue weighted by Crippen LogP contribution is -2.46. The van der Waals surface area contributed by atoms with Gasteiger partial charge in [-0.1, -0.05) is 48.5 Å². The molecule has 1 amide bonds. The molecule has 3 heterocycles. The van der Waals surface area contributed by atoms with Crippen molar-refractivity contribution in [3.8, 4) is 11.4 Å². The number of benzene rings is 2. The van der Waals surface area contributed by atoms with Crippen LogP contribution in [-0.2, 0) is 11.2 Å². The average molecular weight is 399 g/mol. The fraction of sp³-hybridized carbons (Fsp3) is 0.292. The van der Waals surface area contributed by atoms with Crippen LogP contribution >= 0.6 is 0 Å². The fourth-order valence-electron chi connectivity index (χ4n) is 4.27. The monoisotopic (exact) mass is 399 g/mol. The summed E-state index contributed by atoms with van der Waals surface area (Å²) in [6.45, 7) is 3.94. The highest BCUT2D eigenvalue weighted by Crippen LogP contribution is 2.34. The van der Waals surface area contributed by atoms with Crippen molar-refractivity contribution in [1.29, 1.82) is 0 Å². The van der Waals surface area contributed by atoms with E-state index in [1.54, 1.807) is 0 Å². The summed E-state index contributed by atoms with van der Waals surface area (Å²) in [4.78, 5) is 27.4. The second kappa shape index (κ2) is 8.14. The third kappa shape index (κ3) is 3.61. The van der Waals surface area contributed by atoms with Crippen molar-refractivity contribution in [2.24, 2.45) is 0 Å². The van der Waals surface area contributed by atoms with Gasteiger partial charge in [-0.3, -0.25) is 4.79 Å². The molecular weight excluding hydrogens is 374 g/mol. The van der Waals surface area contributed by atoms with Crippen LogP contribution in [0.4, 0.5) is 17.3 Å². The van der Waals surface area contributed by atoms with E-state index in [1.165, 1.54) is 11.3 Å². The van der Waals surface area contributed by atoms with Crippen LogP contribution in [-0.4, -0.2) is 54.0 Å². The molecule has 0 unspecified atom stereocenters. The van der Waals surface area contributed by atoms with Gasteiger partial charge in [-0.25, -0.2) is 9.97 Å². The highest BCUT2D eigenvalue weighted by Gasteiger charge is 2.23. The predicted molar refractivity (Wildman–Crippen MR) is 119 cm³/mol. The Balaban J connectivity index is 1.57. The van der Waals surface area contributed by atoms with Crippen LogP contribution in [0.1, 0.15) is 12.0 Å². The molecule has 0 radical (unpaired) electrons. The normalized spacial score (nSPS) is 16.3. The lowest BCUT2D eigenvalue weighted by atomic mass is 10.0. The number of nitrogens with zero attached hydrogens (tertiary/aromatic N) is 5. The summed E-state index contributed by atoms with van der Waals surface area (Å²) >= 11 is 0. The second-order valence-corrected chi connectivity index (χ2v) is 7.79. The van der Waals surface area contributed by atoms with Crippen LogP contribution in [0.15, 0.2) is 60.7 Å². The van der Waals surface area contributed by atoms with Crippen LogP contribution in [0.3, 0.4) is 0 Å². The number of fused-ring (bicyclic) bond motifs is 1. The standard InChI is InChI=1S/C24H25N5O/c30-18-27-13-15-28(16-14-27)22-17-23(26-24(25-22)20-8-2-1-3-9-20)29-12-6-10-19-7-4-5-11-21(19)29/h1-5,7-9,11,17-18H,6,10,12-16H2. The first kappa shape index (κ1) is 18.6. The van der Waals surface area contributed by atoms with Gasteiger partial charge >= 0.3 is 0 Å². The zero-order valence-corrected chi connectivity index (χ0v) is 16.9. The SMILES string of the molecule is O=CN1CCN(c2cc(N3CCCc4ccccc43)nc(-c3ccccc3)n2)CC1. The number of amides is 1. The summed E-state index contributed by atoms with van der Waals surface area (Å²) in [6, 6.07) is 20.8. The van der Waals surface area contributed by atoms with Crippen molar-refractivity contribution in [2.75, 3.05) is 42.5 Å². The van der Waals surface area contributed by atoms with Crippen LogP contribution in [0.25, 0.3) is 11.4 Å². The first-order valence-electron chi connectivity index (χ1n) is 10.6. The van der Waals surface area contributed by atoms with Crippen molar-refractivity contribution < 1.29 is 4.79 Å². The molecule has 6 heteroatoms. The fourth-order valence-corrected chi connectivity index (χ4v) is 4.27. The van der Waals surface area contributed by atoms with Crippen LogP contribution in [0.2, 0.25) is 0 Å². The van der Waals surface area contributed by atoms with E-state index in [9.17, 15) is 4.79 Å². The molecule has 0 spiro atoms. The Morgan fingerprint density at radius 3 is 2.33 bits per heavy atom. The number of hydrogen-bond acceptors (Lipinski definition) is 5. The molecule has 2 aliphatic heterocycles. The molecule has 0 N–H and O–H groups in total. The highest BCUT2D eigenvalue weighted by molar-refractivity contribution is 5.70. The molecule has 2 aliphatic rings. The quantitative estimate of drug-likeness (QED) is 0.629. The molecule has 0 saturated carbocycles. The maximum absolute atomic E-state index is 11.1. The van der Waals surface area contributed by atoms with E-state index < -0.39 is 0 Å². The first-order valence-corrected chi connectivity index (χ1v) is 10.6. The Morgan fingerprint density at radius 1 is 0.800 bits per heavy atom. The summed E-state index contributed by atoms with van der Waals surface area (Å²) in [5, 5.41) is 0. The van der Waals surface area contributed by atoms with E-state index in [0.29, 0.717) is 0 Å². The molecule has 1 saturated heterocycles. The van der Waals surface area contributed by atoms with E-state index in [1.807, 2.05) is 23.1 Å². The maximum atomic E-state index is 11.1. The number of carbonyl (C=O) groups is 1. The molecule has 0 bridgehead atoms. The van der Waals surface area contributed by atoms with Gasteiger partial charge in [0.1, 0.15) is 11.6 Å². The summed E-state index contributed by atoms with van der Waals surface area (Å²) in [5.74, 6) is 2.60. The van der Waals surface area contributed by atoms with Crippen molar-refractivity contribution in [2.45, 2.75) is 12.8 Å². The molecule has 6 nitrogen and oxygen atoms in total. The number of para-hydroxylation sites is 1. The maximum Gasteiger partial charge on any atom is 0.209 e. The van der Waals surface area contributed by atoms with E-state index in [0.717, 1.165) is 75.0 Å². The van der Waals surface area contributed by atoms with Crippen LogP contribution < -0.4 is 9.80 Å². The van der Waals surface area contributed by atoms with E-state index in [2.05, 4.69) is 52.3 Å². The zero-order valence-electron chi connectivity index (χ0n) is 16.9. The Kier molecular flexibility index (Phi) is 5.05. The number of rotatable bonds is 4. The van der Waals surface area contributed by atoms with E-state index >= 15 is 0 Å². The van der Waals surface area contributed by atoms with E-state index in [-0.39, 0.29) is 0 Å². The summed E-state index contributed by atoms with van der Waals surface area (Å²) < 4.78 is 0. The molecule has 0 atom stereocenters. The van der Waals surface area contributed by atoms with Gasteiger partial charge < -0.3 is 14.7 Å². The number of aryl methyl sites for hydroxylation is 1. The molecule has 2 aromatic carbocycles. The van der Waals surface area contributed by atoms with Crippen molar-refractivity contribution in [3.05, 3.63) is 66.2 Å². The molecular formula is C24H25N5O. The number of anilines is 3. The zero-order chi connectivity index (χ0) is 20.3. The largest absolute Gasteiger partial charge is 0.353 e. The lowest BCUT2D eigenvalue weighted by molar-refractivity contribution is -0.118. The second-order valence-electron chi connectivity index (χ2n) is 7.79. The first-order chi connectivity index (χ1) is 14.8. The van der Waals surface area contributed by atoms with Gasteiger partial charge in [-0.15, -0.1) is 0 Å². The minimum atomic E-state index is 0.718. The van der Waals surface area contributed by atoms with Crippen molar-refractivity contribution >= 4 is 23.7 Å². The van der Waals surface area contributed by atoms with Gasteiger partial charge in [0.15, 0.2) is 5.82 Å². The minimum Gasteiger partial charge on any atom is -0.353 e. The van der Waals surface area contributed by atoms with Gasteiger partial charge in [-0.2, -0.15) is 0 Å². The Hall–Kier alpha value is -3.41. The minimum absolute atomic E-state index is 0.718. The lowest BCUT2D eigenvalue weighted by Gasteiger charge is -2.35. The molecule has 3 aromatic rings. The topological polar surface area (TPSA) is 52.6 Å². The average Bonchev–Trinajstić information content (AvgIpc) is 2.84. The Morgan fingerprint density at radius 2 is 1.53 bits per heavy atom. The number of carbonyl (C=O) groups excluding carboxylic acids is 1. The van der Waals surface area contributed by atoms with Gasteiger partial charge in [0, 0.05) is 50.0 Å². The summed E-state index contributed by atoms with van der Waals surface area (Å²) in [5.41, 5.74) is 3.61. The highest BCUT2D eigenvalue weighted by atomic mass is 16.1. The predicted octanol–water partition coefficient (Wildman–Crippen LogP) is 3.51. The summed E-state index contributed by atoms with van der Waals surface area (Å²) in [7, 11) is 0. The number of piperazine rings is 1. The number of hydrogen-bond donors (Lipinski definition) is 0. The Bertz CT molecular complexity index is 1030. The smallest absolute Gasteiger partial charge is 0.209 e. The third-order valence-electron chi connectivity index (χ3n) is 5.91. The number of aromatic nitrogens is 2. The van der Waals surface area contributed by atoms with Crippen molar-refractivity contribution in [3.63, 3.8) is 0 Å².